The van der Waals surface area contributed by atoms with Gasteiger partial charge in [0.15, 0.2) is 5.82 Å². The van der Waals surface area contributed by atoms with Gasteiger partial charge >= 0.3 is 0 Å². The highest BCUT2D eigenvalue weighted by atomic mass is 35.5. The summed E-state index contributed by atoms with van der Waals surface area (Å²) in [6.07, 6.45) is 5.28. The zero-order chi connectivity index (χ0) is 19.0. The first-order chi connectivity index (χ1) is 13.0. The predicted octanol–water partition coefficient (Wildman–Crippen LogP) is 2.95. The molecule has 4 rings (SSSR count). The van der Waals surface area contributed by atoms with E-state index in [1.807, 2.05) is 19.1 Å². The highest BCUT2D eigenvalue weighted by Gasteiger charge is 2.35. The number of halogens is 1. The molecule has 8 heteroatoms. The molecular formula is C19H24ClN7. The fourth-order valence-corrected chi connectivity index (χ4v) is 4.09. The van der Waals surface area contributed by atoms with E-state index < -0.39 is 0 Å². The van der Waals surface area contributed by atoms with Crippen LogP contribution in [0.25, 0.3) is 0 Å². The fourth-order valence-electron chi connectivity index (χ4n) is 3.95. The minimum absolute atomic E-state index is 0.425. The van der Waals surface area contributed by atoms with E-state index in [2.05, 4.69) is 20.5 Å². The van der Waals surface area contributed by atoms with E-state index in [0.717, 1.165) is 30.9 Å². The molecule has 0 aliphatic carbocycles. The Hall–Kier alpha value is -2.38. The molecule has 0 spiro atoms. The standard InChI is InChI=1S/C19H24ClN7/c1-11-4-16(22)13(7-21)6-17(11)25-18-15(20)9-24-19(26-18)27-10-12-2-3-23-8-14(27)5-12/h4,6-7,9,12,14,21,23H,2-3,5,8,10,22H2,1H3,(H,24,25,26). The molecule has 2 saturated heterocycles. The van der Waals surface area contributed by atoms with E-state index in [-0.39, 0.29) is 0 Å². The van der Waals surface area contributed by atoms with Crippen LogP contribution >= 0.6 is 11.6 Å². The van der Waals surface area contributed by atoms with Crippen molar-refractivity contribution in [2.45, 2.75) is 25.8 Å². The van der Waals surface area contributed by atoms with E-state index in [9.17, 15) is 0 Å². The lowest BCUT2D eigenvalue weighted by Gasteiger charge is -2.26. The summed E-state index contributed by atoms with van der Waals surface area (Å²) >= 11 is 6.36. The van der Waals surface area contributed by atoms with Crippen molar-refractivity contribution in [1.29, 1.82) is 5.41 Å². The minimum atomic E-state index is 0.425. The van der Waals surface area contributed by atoms with Crippen LogP contribution in [0, 0.1) is 18.3 Å². The Kier molecular flexibility index (Phi) is 4.88. The molecule has 0 radical (unpaired) electrons. The lowest BCUT2D eigenvalue weighted by atomic mass is 10.0. The number of nitrogens with zero attached hydrogens (tertiary/aromatic N) is 3. The number of aromatic nitrogens is 2. The summed E-state index contributed by atoms with van der Waals surface area (Å²) in [6, 6.07) is 4.11. The third-order valence-electron chi connectivity index (χ3n) is 5.44. The smallest absolute Gasteiger partial charge is 0.227 e. The van der Waals surface area contributed by atoms with Gasteiger partial charge in [-0.3, -0.25) is 0 Å². The molecule has 2 atom stereocenters. The van der Waals surface area contributed by atoms with Crippen molar-refractivity contribution < 1.29 is 0 Å². The summed E-state index contributed by atoms with van der Waals surface area (Å²) in [7, 11) is 0. The molecule has 0 saturated carbocycles. The molecule has 0 amide bonds. The Morgan fingerprint density at radius 3 is 3.11 bits per heavy atom. The lowest BCUT2D eigenvalue weighted by molar-refractivity contribution is 0.533. The van der Waals surface area contributed by atoms with Crippen LogP contribution in [0.2, 0.25) is 5.02 Å². The highest BCUT2D eigenvalue weighted by molar-refractivity contribution is 6.32. The first-order valence-corrected chi connectivity index (χ1v) is 9.60. The fraction of sp³-hybridized carbons (Fsp3) is 0.421. The molecule has 2 aliphatic heterocycles. The van der Waals surface area contributed by atoms with Gasteiger partial charge in [0.1, 0.15) is 5.02 Å². The van der Waals surface area contributed by atoms with Gasteiger partial charge in [-0.1, -0.05) is 11.6 Å². The molecule has 2 aromatic rings. The maximum absolute atomic E-state index is 7.51. The van der Waals surface area contributed by atoms with E-state index in [1.54, 1.807) is 6.20 Å². The van der Waals surface area contributed by atoms with Gasteiger partial charge in [-0.15, -0.1) is 0 Å². The molecule has 2 aliphatic rings. The maximum Gasteiger partial charge on any atom is 0.227 e. The number of rotatable bonds is 4. The molecule has 2 bridgehead atoms. The first kappa shape index (κ1) is 18.0. The summed E-state index contributed by atoms with van der Waals surface area (Å²) in [5.74, 6) is 1.96. The normalized spacial score (nSPS) is 21.8. The summed E-state index contributed by atoms with van der Waals surface area (Å²) in [5.41, 5.74) is 8.98. The molecule has 1 aromatic carbocycles. The van der Waals surface area contributed by atoms with Crippen molar-refractivity contribution >= 4 is 41.0 Å². The number of aryl methyl sites for hydroxylation is 1. The topological polar surface area (TPSA) is 103 Å². The molecule has 1 aromatic heterocycles. The quantitative estimate of drug-likeness (QED) is 0.476. The summed E-state index contributed by atoms with van der Waals surface area (Å²) in [6.45, 7) is 5.01. The van der Waals surface area contributed by atoms with Crippen molar-refractivity contribution in [3.63, 3.8) is 0 Å². The van der Waals surface area contributed by atoms with Crippen LogP contribution in [0.5, 0.6) is 0 Å². The van der Waals surface area contributed by atoms with Crippen LogP contribution in [0.3, 0.4) is 0 Å². The lowest BCUT2D eigenvalue weighted by Crippen LogP contribution is -2.40. The van der Waals surface area contributed by atoms with Crippen LogP contribution in [-0.2, 0) is 0 Å². The Morgan fingerprint density at radius 2 is 2.30 bits per heavy atom. The molecule has 142 valence electrons. The number of anilines is 4. The van der Waals surface area contributed by atoms with Gasteiger partial charge in [0.05, 0.1) is 6.20 Å². The third-order valence-corrected chi connectivity index (χ3v) is 5.71. The minimum Gasteiger partial charge on any atom is -0.398 e. The third kappa shape index (κ3) is 3.57. The largest absolute Gasteiger partial charge is 0.398 e. The molecule has 2 fully saturated rings. The van der Waals surface area contributed by atoms with Crippen molar-refractivity contribution in [3.05, 3.63) is 34.5 Å². The Balaban J connectivity index is 1.63. The van der Waals surface area contributed by atoms with Gasteiger partial charge in [0, 0.05) is 42.3 Å². The van der Waals surface area contributed by atoms with Crippen LogP contribution in [-0.4, -0.2) is 41.9 Å². The summed E-state index contributed by atoms with van der Waals surface area (Å²) in [4.78, 5) is 11.5. The number of nitrogens with two attached hydrogens (primary N) is 1. The maximum atomic E-state index is 7.51. The van der Waals surface area contributed by atoms with E-state index >= 15 is 0 Å². The molecule has 3 heterocycles. The number of fused-ring (bicyclic) bond motifs is 2. The van der Waals surface area contributed by atoms with Crippen molar-refractivity contribution in [2.75, 3.05) is 35.6 Å². The van der Waals surface area contributed by atoms with Gasteiger partial charge in [0.25, 0.3) is 0 Å². The van der Waals surface area contributed by atoms with Crippen LogP contribution in [0.15, 0.2) is 18.3 Å². The van der Waals surface area contributed by atoms with Crippen molar-refractivity contribution in [1.82, 2.24) is 15.3 Å². The molecule has 5 N–H and O–H groups in total. The number of hydrogen-bond acceptors (Lipinski definition) is 7. The summed E-state index contributed by atoms with van der Waals surface area (Å²) < 4.78 is 0. The SMILES string of the molecule is Cc1cc(N)c(C=N)cc1Nc1nc(N2CC3CCNCC2C3)ncc1Cl. The molecular weight excluding hydrogens is 362 g/mol. The second-order valence-corrected chi connectivity index (χ2v) is 7.74. The molecule has 2 unspecified atom stereocenters. The number of nitrogens with one attached hydrogen (secondary N) is 3. The highest BCUT2D eigenvalue weighted by Crippen LogP contribution is 2.33. The molecule has 27 heavy (non-hydrogen) atoms. The van der Waals surface area contributed by atoms with Gasteiger partial charge in [-0.25, -0.2) is 4.98 Å². The van der Waals surface area contributed by atoms with E-state index in [0.29, 0.717) is 40.0 Å². The van der Waals surface area contributed by atoms with Gasteiger partial charge < -0.3 is 26.7 Å². The first-order valence-electron chi connectivity index (χ1n) is 9.22. The van der Waals surface area contributed by atoms with Crippen molar-refractivity contribution in [2.24, 2.45) is 5.92 Å². The average Bonchev–Trinajstić information content (AvgIpc) is 2.89. The monoisotopic (exact) mass is 385 g/mol. The van der Waals surface area contributed by atoms with Crippen LogP contribution < -0.4 is 21.3 Å². The zero-order valence-electron chi connectivity index (χ0n) is 15.3. The second-order valence-electron chi connectivity index (χ2n) is 7.33. The molecule has 7 nitrogen and oxygen atoms in total. The van der Waals surface area contributed by atoms with Crippen molar-refractivity contribution in [3.8, 4) is 0 Å². The van der Waals surface area contributed by atoms with Crippen LogP contribution in [0.1, 0.15) is 24.0 Å². The number of benzene rings is 1. The predicted molar refractivity (Wildman–Crippen MR) is 111 cm³/mol. The Labute approximate surface area is 163 Å². The Morgan fingerprint density at radius 1 is 1.44 bits per heavy atom. The van der Waals surface area contributed by atoms with Gasteiger partial charge in [0.2, 0.25) is 5.95 Å². The number of nitrogen functional groups attached to an aromatic ring is 1. The van der Waals surface area contributed by atoms with Crippen LogP contribution in [0.4, 0.5) is 23.1 Å². The zero-order valence-corrected chi connectivity index (χ0v) is 16.1. The number of hydrogen-bond donors (Lipinski definition) is 4. The second kappa shape index (κ2) is 7.32. The summed E-state index contributed by atoms with van der Waals surface area (Å²) in [5, 5.41) is 14.8. The van der Waals surface area contributed by atoms with E-state index in [1.165, 1.54) is 19.1 Å². The van der Waals surface area contributed by atoms with E-state index in [4.69, 9.17) is 27.7 Å². The average molecular weight is 386 g/mol. The van der Waals surface area contributed by atoms with Gasteiger partial charge in [-0.2, -0.15) is 4.98 Å². The Bertz CT molecular complexity index is 869. The van der Waals surface area contributed by atoms with Gasteiger partial charge in [-0.05, 0) is 49.9 Å².